The third kappa shape index (κ3) is 6.56. The van der Waals surface area contributed by atoms with Crippen LogP contribution in [0.1, 0.15) is 52.9 Å². The van der Waals surface area contributed by atoms with E-state index in [1.807, 2.05) is 25.7 Å². The van der Waals surface area contributed by atoms with E-state index in [4.69, 9.17) is 14.2 Å². The average molecular weight is 426 g/mol. The number of hydrogen-bond donors (Lipinski definition) is 0. The van der Waals surface area contributed by atoms with E-state index in [9.17, 15) is 9.59 Å². The monoisotopic (exact) mass is 425 g/mol. The Morgan fingerprint density at radius 2 is 1.67 bits per heavy atom. The molecule has 0 aromatic rings. The lowest BCUT2D eigenvalue weighted by Crippen LogP contribution is -2.50. The maximum atomic E-state index is 12.7. The molecule has 3 aliphatic heterocycles. The van der Waals surface area contributed by atoms with E-state index in [0.29, 0.717) is 45.3 Å². The summed E-state index contributed by atoms with van der Waals surface area (Å²) in [5.41, 5.74) is -0.463. The maximum Gasteiger partial charge on any atom is 0.410 e. The Kier molecular flexibility index (Phi) is 7.63. The van der Waals surface area contributed by atoms with Gasteiger partial charge < -0.3 is 24.0 Å². The van der Waals surface area contributed by atoms with Gasteiger partial charge in [-0.15, -0.1) is 0 Å². The molecule has 8 heteroatoms. The highest BCUT2D eigenvalue weighted by atomic mass is 16.7. The van der Waals surface area contributed by atoms with E-state index in [1.54, 1.807) is 11.9 Å². The fourth-order valence-electron chi connectivity index (χ4n) is 4.41. The molecule has 3 fully saturated rings. The molecular weight excluding hydrogens is 386 g/mol. The number of rotatable bonds is 5. The number of hydrogen-bond acceptors (Lipinski definition) is 6. The molecule has 3 aliphatic rings. The first kappa shape index (κ1) is 23.3. The Hall–Kier alpha value is -1.38. The summed E-state index contributed by atoms with van der Waals surface area (Å²) in [5.74, 6) is 0.375. The molecule has 0 radical (unpaired) electrons. The molecule has 3 rings (SSSR count). The Balaban J connectivity index is 1.32. The van der Waals surface area contributed by atoms with Crippen LogP contribution in [0.2, 0.25) is 0 Å². The van der Waals surface area contributed by atoms with Crippen molar-refractivity contribution in [1.82, 2.24) is 14.7 Å². The number of ether oxygens (including phenoxy) is 3. The van der Waals surface area contributed by atoms with Crippen LogP contribution in [0, 0.1) is 5.92 Å². The van der Waals surface area contributed by atoms with Crippen LogP contribution < -0.4 is 0 Å². The molecule has 0 unspecified atom stereocenters. The van der Waals surface area contributed by atoms with Gasteiger partial charge in [0.15, 0.2) is 5.79 Å². The molecular formula is C22H39N3O5. The first-order chi connectivity index (χ1) is 14.2. The summed E-state index contributed by atoms with van der Waals surface area (Å²) in [7, 11) is 1.80. The van der Waals surface area contributed by atoms with Crippen molar-refractivity contribution in [3.8, 4) is 0 Å². The van der Waals surface area contributed by atoms with E-state index in [2.05, 4.69) is 4.90 Å². The first-order valence-electron chi connectivity index (χ1n) is 11.4. The summed E-state index contributed by atoms with van der Waals surface area (Å²) < 4.78 is 16.9. The largest absolute Gasteiger partial charge is 0.444 e. The van der Waals surface area contributed by atoms with Crippen molar-refractivity contribution in [3.05, 3.63) is 0 Å². The molecule has 0 N–H and O–H groups in total. The number of amides is 2. The zero-order valence-corrected chi connectivity index (χ0v) is 19.2. The molecule has 3 heterocycles. The van der Waals surface area contributed by atoms with Crippen LogP contribution in [0.4, 0.5) is 4.79 Å². The van der Waals surface area contributed by atoms with Crippen molar-refractivity contribution < 1.29 is 23.8 Å². The molecule has 172 valence electrons. The summed E-state index contributed by atoms with van der Waals surface area (Å²) in [5, 5.41) is 0. The topological polar surface area (TPSA) is 71.5 Å². The van der Waals surface area contributed by atoms with Crippen LogP contribution in [0.3, 0.4) is 0 Å². The summed E-state index contributed by atoms with van der Waals surface area (Å²) in [6.45, 7) is 11.5. The van der Waals surface area contributed by atoms with Crippen molar-refractivity contribution in [2.24, 2.45) is 5.92 Å². The molecule has 0 saturated carbocycles. The van der Waals surface area contributed by atoms with Gasteiger partial charge in [0.1, 0.15) is 5.60 Å². The van der Waals surface area contributed by atoms with Gasteiger partial charge in [0, 0.05) is 39.5 Å². The van der Waals surface area contributed by atoms with Gasteiger partial charge in [0.25, 0.3) is 0 Å². The summed E-state index contributed by atoms with van der Waals surface area (Å²) >= 11 is 0. The van der Waals surface area contributed by atoms with Gasteiger partial charge in [-0.05, 0) is 59.0 Å². The molecule has 3 saturated heterocycles. The van der Waals surface area contributed by atoms with Crippen molar-refractivity contribution in [2.75, 3.05) is 59.5 Å². The van der Waals surface area contributed by atoms with Gasteiger partial charge in [-0.1, -0.05) is 0 Å². The molecule has 0 bridgehead atoms. The van der Waals surface area contributed by atoms with Crippen molar-refractivity contribution in [2.45, 2.75) is 64.3 Å². The second kappa shape index (κ2) is 9.83. The second-order valence-electron chi connectivity index (χ2n) is 9.90. The summed E-state index contributed by atoms with van der Waals surface area (Å²) in [4.78, 5) is 30.7. The van der Waals surface area contributed by atoms with Gasteiger partial charge in [0.2, 0.25) is 5.91 Å². The number of carbonyl (C=O) groups is 2. The van der Waals surface area contributed by atoms with E-state index in [1.165, 1.54) is 0 Å². The quantitative estimate of drug-likeness (QED) is 0.673. The molecule has 0 aromatic carbocycles. The van der Waals surface area contributed by atoms with Crippen molar-refractivity contribution >= 4 is 12.0 Å². The highest BCUT2D eigenvalue weighted by Crippen LogP contribution is 2.31. The van der Waals surface area contributed by atoms with Crippen LogP contribution in [0.5, 0.6) is 0 Å². The summed E-state index contributed by atoms with van der Waals surface area (Å²) in [6.07, 6.45) is 4.40. The predicted molar refractivity (Wildman–Crippen MR) is 113 cm³/mol. The van der Waals surface area contributed by atoms with E-state index < -0.39 is 11.4 Å². The van der Waals surface area contributed by atoms with Crippen LogP contribution in [0.25, 0.3) is 0 Å². The Labute approximate surface area is 180 Å². The molecule has 0 aromatic heterocycles. The lowest BCUT2D eigenvalue weighted by molar-refractivity contribution is -0.187. The minimum absolute atomic E-state index is 0.214. The zero-order chi connectivity index (χ0) is 21.8. The fourth-order valence-corrected chi connectivity index (χ4v) is 4.41. The van der Waals surface area contributed by atoms with Gasteiger partial charge in [0.05, 0.1) is 19.8 Å². The predicted octanol–water partition coefficient (Wildman–Crippen LogP) is 2.32. The molecule has 8 nitrogen and oxygen atoms in total. The number of carbonyl (C=O) groups excluding carboxylic acids is 2. The van der Waals surface area contributed by atoms with E-state index in [-0.39, 0.29) is 12.0 Å². The molecule has 30 heavy (non-hydrogen) atoms. The van der Waals surface area contributed by atoms with Gasteiger partial charge in [-0.3, -0.25) is 9.69 Å². The number of likely N-dealkylation sites (tertiary alicyclic amines) is 2. The van der Waals surface area contributed by atoms with Crippen molar-refractivity contribution in [1.29, 1.82) is 0 Å². The zero-order valence-electron chi connectivity index (χ0n) is 19.2. The van der Waals surface area contributed by atoms with Gasteiger partial charge in [-0.2, -0.15) is 0 Å². The van der Waals surface area contributed by atoms with Crippen molar-refractivity contribution in [3.63, 3.8) is 0 Å². The van der Waals surface area contributed by atoms with Gasteiger partial charge >= 0.3 is 6.09 Å². The number of piperidine rings is 2. The smallest absolute Gasteiger partial charge is 0.410 e. The summed E-state index contributed by atoms with van der Waals surface area (Å²) in [6, 6.07) is 0. The average Bonchev–Trinajstić information content (AvgIpc) is 3.14. The first-order valence-corrected chi connectivity index (χ1v) is 11.4. The fraction of sp³-hybridized carbons (Fsp3) is 0.909. The van der Waals surface area contributed by atoms with Crippen LogP contribution in [-0.2, 0) is 19.0 Å². The highest BCUT2D eigenvalue weighted by molar-refractivity contribution is 5.78. The standard InChI is InChI=1S/C22H39N3O5/c1-21(2,3)30-20(27)23(4)10-5-18-6-11-24(12-7-18)17-19(26)25-13-8-22(9-14-25)28-15-16-29-22/h18H,5-17H2,1-4H3. The normalized spacial score (nSPS) is 23.0. The highest BCUT2D eigenvalue weighted by Gasteiger charge is 2.40. The lowest BCUT2D eigenvalue weighted by Gasteiger charge is -2.39. The lowest BCUT2D eigenvalue weighted by atomic mass is 9.93. The van der Waals surface area contributed by atoms with Crippen LogP contribution in [0.15, 0.2) is 0 Å². The van der Waals surface area contributed by atoms with Crippen LogP contribution >= 0.6 is 0 Å². The molecule has 1 spiro atoms. The second-order valence-corrected chi connectivity index (χ2v) is 9.90. The SMILES string of the molecule is CN(CCC1CCN(CC(=O)N2CCC3(CC2)OCCO3)CC1)C(=O)OC(C)(C)C. The Morgan fingerprint density at radius 1 is 1.07 bits per heavy atom. The maximum absolute atomic E-state index is 12.7. The molecule has 0 atom stereocenters. The Bertz CT molecular complexity index is 582. The Morgan fingerprint density at radius 3 is 2.23 bits per heavy atom. The van der Waals surface area contributed by atoms with E-state index >= 15 is 0 Å². The molecule has 2 amide bonds. The van der Waals surface area contributed by atoms with E-state index in [0.717, 1.165) is 45.2 Å². The van der Waals surface area contributed by atoms with Crippen LogP contribution in [-0.4, -0.2) is 97.6 Å². The third-order valence-corrected chi connectivity index (χ3v) is 6.34. The number of nitrogens with zero attached hydrogens (tertiary/aromatic N) is 3. The third-order valence-electron chi connectivity index (χ3n) is 6.34. The molecule has 0 aliphatic carbocycles. The minimum atomic E-state index is -0.463. The minimum Gasteiger partial charge on any atom is -0.444 e. The van der Waals surface area contributed by atoms with Gasteiger partial charge in [-0.25, -0.2) is 4.79 Å².